The predicted molar refractivity (Wildman–Crippen MR) is 110 cm³/mol. The molecule has 1 aliphatic rings. The van der Waals surface area contributed by atoms with Crippen LogP contribution in [0.25, 0.3) is 11.0 Å². The van der Waals surface area contributed by atoms with Crippen molar-refractivity contribution in [3.63, 3.8) is 0 Å². The molecule has 1 fully saturated rings. The van der Waals surface area contributed by atoms with Crippen molar-refractivity contribution in [2.75, 3.05) is 13.2 Å². The van der Waals surface area contributed by atoms with Crippen LogP contribution in [0.1, 0.15) is 34.3 Å². The average molecular weight is 392 g/mol. The van der Waals surface area contributed by atoms with Gasteiger partial charge in [0, 0.05) is 24.6 Å². The van der Waals surface area contributed by atoms with Crippen LogP contribution in [0.5, 0.6) is 5.75 Å². The number of aromatic hydroxyl groups is 1. The number of carbonyl (C=O) groups excluding carboxylic acids is 1. The minimum absolute atomic E-state index is 0.0488. The Morgan fingerprint density at radius 2 is 2.10 bits per heavy atom. The lowest BCUT2D eigenvalue weighted by atomic mass is 10.1. The van der Waals surface area contributed by atoms with Crippen molar-refractivity contribution in [2.45, 2.75) is 32.8 Å². The van der Waals surface area contributed by atoms with E-state index in [2.05, 4.69) is 10.3 Å². The van der Waals surface area contributed by atoms with Gasteiger partial charge in [-0.15, -0.1) is 0 Å². The highest BCUT2D eigenvalue weighted by Gasteiger charge is 2.19. The van der Waals surface area contributed by atoms with Gasteiger partial charge < -0.3 is 19.6 Å². The summed E-state index contributed by atoms with van der Waals surface area (Å²) in [7, 11) is 0. The summed E-state index contributed by atoms with van der Waals surface area (Å²) in [6, 6.07) is 12.4. The summed E-state index contributed by atoms with van der Waals surface area (Å²) in [4.78, 5) is 17.6. The van der Waals surface area contributed by atoms with Crippen molar-refractivity contribution in [2.24, 2.45) is 4.99 Å². The van der Waals surface area contributed by atoms with Gasteiger partial charge in [-0.2, -0.15) is 0 Å². The molecule has 1 amide bonds. The third-order valence-electron chi connectivity index (χ3n) is 5.29. The monoisotopic (exact) mass is 392 g/mol. The molecule has 3 aromatic rings. The molecule has 1 aliphatic heterocycles. The van der Waals surface area contributed by atoms with Gasteiger partial charge in [0.2, 0.25) is 5.55 Å². The number of phenolic OH excluding ortho intramolecular Hbond substituents is 1. The van der Waals surface area contributed by atoms with Gasteiger partial charge in [-0.05, 0) is 62.1 Å². The molecular weight excluding hydrogens is 368 g/mol. The molecule has 2 N–H and O–H groups in total. The third-order valence-corrected chi connectivity index (χ3v) is 5.29. The van der Waals surface area contributed by atoms with Gasteiger partial charge in [-0.1, -0.05) is 12.1 Å². The molecule has 4 rings (SSSR count). The number of benzene rings is 2. The molecule has 0 aliphatic carbocycles. The molecule has 0 bridgehead atoms. The van der Waals surface area contributed by atoms with Crippen LogP contribution in [0.15, 0.2) is 51.9 Å². The first kappa shape index (κ1) is 19.2. The van der Waals surface area contributed by atoms with Crippen molar-refractivity contribution >= 4 is 22.6 Å². The van der Waals surface area contributed by atoms with E-state index < -0.39 is 0 Å². The van der Waals surface area contributed by atoms with Crippen LogP contribution in [0, 0.1) is 13.8 Å². The Labute approximate surface area is 168 Å². The van der Waals surface area contributed by atoms with Crippen molar-refractivity contribution in [3.8, 4) is 5.75 Å². The summed E-state index contributed by atoms with van der Waals surface area (Å²) < 4.78 is 11.5. The van der Waals surface area contributed by atoms with Gasteiger partial charge in [-0.25, -0.2) is 4.99 Å². The smallest absolute Gasteiger partial charge is 0.256 e. The minimum atomic E-state index is -0.261. The molecule has 150 valence electrons. The van der Waals surface area contributed by atoms with Gasteiger partial charge in [0.05, 0.1) is 11.8 Å². The second-order valence-corrected chi connectivity index (χ2v) is 7.36. The molecule has 2 heterocycles. The SMILES string of the molecule is Cc1cccc(N=c2oc3cc(O)ccc3cc2C(=O)NC[C@@H]2CCCO2)c1C. The number of nitrogens with zero attached hydrogens (tertiary/aromatic N) is 1. The lowest BCUT2D eigenvalue weighted by Gasteiger charge is -2.11. The number of rotatable bonds is 4. The summed E-state index contributed by atoms with van der Waals surface area (Å²) in [5.41, 5.74) is 3.88. The largest absolute Gasteiger partial charge is 0.508 e. The van der Waals surface area contributed by atoms with Gasteiger partial charge in [0.1, 0.15) is 16.9 Å². The second kappa shape index (κ2) is 8.09. The zero-order valence-corrected chi connectivity index (χ0v) is 16.6. The van der Waals surface area contributed by atoms with E-state index in [4.69, 9.17) is 9.15 Å². The fourth-order valence-electron chi connectivity index (χ4n) is 3.43. The molecule has 0 spiro atoms. The van der Waals surface area contributed by atoms with Crippen molar-refractivity contribution in [1.29, 1.82) is 0 Å². The summed E-state index contributed by atoms with van der Waals surface area (Å²) >= 11 is 0. The van der Waals surface area contributed by atoms with E-state index in [-0.39, 0.29) is 23.3 Å². The number of amides is 1. The molecular formula is C23H24N2O4. The van der Waals surface area contributed by atoms with Crippen molar-refractivity contribution < 1.29 is 19.1 Å². The molecule has 1 aromatic heterocycles. The quantitative estimate of drug-likeness (QED) is 0.705. The first-order valence-electron chi connectivity index (χ1n) is 9.79. The van der Waals surface area contributed by atoms with Crippen LogP contribution >= 0.6 is 0 Å². The summed E-state index contributed by atoms with van der Waals surface area (Å²) in [6.07, 6.45) is 2.01. The third kappa shape index (κ3) is 4.17. The highest BCUT2D eigenvalue weighted by atomic mass is 16.5. The normalized spacial score (nSPS) is 17.0. The Morgan fingerprint density at radius 3 is 2.90 bits per heavy atom. The van der Waals surface area contributed by atoms with Crippen LogP contribution in [0.3, 0.4) is 0 Å². The molecule has 1 atom stereocenters. The van der Waals surface area contributed by atoms with E-state index in [9.17, 15) is 9.90 Å². The average Bonchev–Trinajstić information content (AvgIpc) is 3.23. The number of aryl methyl sites for hydroxylation is 1. The first-order chi connectivity index (χ1) is 14.0. The van der Waals surface area contributed by atoms with Gasteiger partial charge in [-0.3, -0.25) is 4.79 Å². The molecule has 0 saturated carbocycles. The van der Waals surface area contributed by atoms with Gasteiger partial charge >= 0.3 is 0 Å². The molecule has 6 nitrogen and oxygen atoms in total. The standard InChI is InChI=1S/C23H24N2O4/c1-14-5-3-7-20(15(14)2)25-23-19(22(27)24-13-18-6-4-10-28-18)11-16-8-9-17(26)12-21(16)29-23/h3,5,7-9,11-12,18,26H,4,6,10,13H2,1-2H3,(H,24,27)/t18-/m0/s1. The summed E-state index contributed by atoms with van der Waals surface area (Å²) in [5.74, 6) is -0.169. The van der Waals surface area contributed by atoms with Gasteiger partial charge in [0.25, 0.3) is 5.91 Å². The Hall–Kier alpha value is -3.12. The van der Waals surface area contributed by atoms with Crippen LogP contribution < -0.4 is 10.9 Å². The number of hydrogen-bond donors (Lipinski definition) is 2. The van der Waals surface area contributed by atoms with E-state index in [1.807, 2.05) is 32.0 Å². The summed E-state index contributed by atoms with van der Waals surface area (Å²) in [6.45, 7) is 5.19. The Kier molecular flexibility index (Phi) is 5.36. The lowest BCUT2D eigenvalue weighted by molar-refractivity contribution is 0.0854. The fraction of sp³-hybridized carbons (Fsp3) is 0.304. The molecule has 6 heteroatoms. The maximum Gasteiger partial charge on any atom is 0.256 e. The highest BCUT2D eigenvalue weighted by molar-refractivity contribution is 5.96. The van der Waals surface area contributed by atoms with Crippen LogP contribution in [0.2, 0.25) is 0 Å². The maximum atomic E-state index is 12.9. The first-order valence-corrected chi connectivity index (χ1v) is 9.79. The number of ether oxygens (including phenoxy) is 1. The molecule has 2 aromatic carbocycles. The molecule has 29 heavy (non-hydrogen) atoms. The topological polar surface area (TPSA) is 84.1 Å². The Morgan fingerprint density at radius 1 is 1.24 bits per heavy atom. The molecule has 0 unspecified atom stereocenters. The van der Waals surface area contributed by atoms with Crippen molar-refractivity contribution in [1.82, 2.24) is 5.32 Å². The zero-order chi connectivity index (χ0) is 20.4. The fourth-order valence-corrected chi connectivity index (χ4v) is 3.43. The molecule has 1 saturated heterocycles. The van der Waals surface area contributed by atoms with Crippen LogP contribution in [0.4, 0.5) is 5.69 Å². The van der Waals surface area contributed by atoms with Crippen LogP contribution in [-0.4, -0.2) is 30.3 Å². The van der Waals surface area contributed by atoms with Crippen molar-refractivity contribution in [3.05, 3.63) is 64.7 Å². The van der Waals surface area contributed by atoms with E-state index >= 15 is 0 Å². The number of phenols is 1. The highest BCUT2D eigenvalue weighted by Crippen LogP contribution is 2.23. The Balaban J connectivity index is 1.79. The number of fused-ring (bicyclic) bond motifs is 1. The van der Waals surface area contributed by atoms with E-state index in [0.717, 1.165) is 36.3 Å². The number of hydrogen-bond acceptors (Lipinski definition) is 5. The predicted octanol–water partition coefficient (Wildman–Crippen LogP) is 3.90. The Bertz CT molecular complexity index is 1130. The molecule has 0 radical (unpaired) electrons. The van der Waals surface area contributed by atoms with E-state index in [0.29, 0.717) is 23.1 Å². The second-order valence-electron chi connectivity index (χ2n) is 7.36. The summed E-state index contributed by atoms with van der Waals surface area (Å²) in [5, 5.41) is 13.4. The van der Waals surface area contributed by atoms with Gasteiger partial charge in [0.15, 0.2) is 0 Å². The number of nitrogens with one attached hydrogen (secondary N) is 1. The van der Waals surface area contributed by atoms with E-state index in [1.54, 1.807) is 18.2 Å². The minimum Gasteiger partial charge on any atom is -0.508 e. The zero-order valence-electron chi connectivity index (χ0n) is 16.6. The maximum absolute atomic E-state index is 12.9. The lowest BCUT2D eigenvalue weighted by Crippen LogP contribution is -2.34. The number of carbonyl (C=O) groups is 1. The van der Waals surface area contributed by atoms with E-state index in [1.165, 1.54) is 6.07 Å². The van der Waals surface area contributed by atoms with Crippen LogP contribution in [-0.2, 0) is 4.74 Å².